The molecule has 0 fully saturated rings. The number of β-amino-alcohol motifs (C(OH)–C–C–N with tert-alkyl or cyclic N) is 1. The van der Waals surface area contributed by atoms with Gasteiger partial charge in [0, 0.05) is 31.8 Å². The van der Waals surface area contributed by atoms with E-state index in [-0.39, 0.29) is 12.5 Å². The predicted octanol–water partition coefficient (Wildman–Crippen LogP) is 2.92. The van der Waals surface area contributed by atoms with Crippen LogP contribution >= 0.6 is 0 Å². The van der Waals surface area contributed by atoms with Gasteiger partial charge in [-0.25, -0.2) is 0 Å². The molecule has 1 aliphatic heterocycles. The lowest BCUT2D eigenvalue weighted by Crippen LogP contribution is -2.42. The van der Waals surface area contributed by atoms with Crippen molar-refractivity contribution >= 4 is 5.91 Å². The maximum atomic E-state index is 12.1. The summed E-state index contributed by atoms with van der Waals surface area (Å²) in [4.78, 5) is 14.3. The Balaban J connectivity index is 2.48. The minimum Gasteiger partial charge on any atom is -0.390 e. The first-order valence-corrected chi connectivity index (χ1v) is 8.66. The number of aliphatic hydroxyl groups excluding tert-OH is 1. The molecule has 2 N–H and O–H groups in total. The summed E-state index contributed by atoms with van der Waals surface area (Å²) in [5.41, 5.74) is 2.96. The summed E-state index contributed by atoms with van der Waals surface area (Å²) in [7, 11) is 0. The molecular weight excluding hydrogens is 312 g/mol. The molecule has 0 aromatic carbocycles. The second kappa shape index (κ2) is 11.4. The average molecular weight is 342 g/mol. The number of carbonyl (C=O) groups excluding carboxylic acids is 1. The predicted molar refractivity (Wildman–Crippen MR) is 105 cm³/mol. The summed E-state index contributed by atoms with van der Waals surface area (Å²) in [6, 6.07) is 0. The molecule has 1 unspecified atom stereocenters. The Kier molecular flexibility index (Phi) is 9.51. The highest BCUT2D eigenvalue weighted by Crippen LogP contribution is 2.19. The highest BCUT2D eigenvalue weighted by Gasteiger charge is 2.19. The molecule has 1 aliphatic rings. The normalized spacial score (nSPS) is 18.0. The zero-order valence-corrected chi connectivity index (χ0v) is 15.4. The topological polar surface area (TPSA) is 52.6 Å². The number of amides is 1. The van der Waals surface area contributed by atoms with Gasteiger partial charge < -0.3 is 10.4 Å². The maximum absolute atomic E-state index is 12.1. The third kappa shape index (κ3) is 7.08. The number of carbonyl (C=O) groups is 1. The van der Waals surface area contributed by atoms with Crippen LogP contribution in [0.2, 0.25) is 0 Å². The minimum absolute atomic E-state index is 0.179. The largest absolute Gasteiger partial charge is 0.390 e. The highest BCUT2D eigenvalue weighted by atomic mass is 16.3. The third-order valence-corrected chi connectivity index (χ3v) is 4.12. The maximum Gasteiger partial charge on any atom is 0.251 e. The van der Waals surface area contributed by atoms with E-state index < -0.39 is 6.10 Å². The summed E-state index contributed by atoms with van der Waals surface area (Å²) in [5, 5.41) is 13.0. The van der Waals surface area contributed by atoms with Crippen LogP contribution in [0.1, 0.15) is 20.3 Å². The van der Waals surface area contributed by atoms with Crippen LogP contribution in [0.3, 0.4) is 0 Å². The summed E-state index contributed by atoms with van der Waals surface area (Å²) in [6.07, 6.45) is 13.1. The molecule has 0 aromatic heterocycles. The minimum atomic E-state index is -0.613. The number of nitrogens with one attached hydrogen (secondary N) is 1. The number of hydrogen-bond acceptors (Lipinski definition) is 3. The van der Waals surface area contributed by atoms with Crippen molar-refractivity contribution in [1.29, 1.82) is 0 Å². The van der Waals surface area contributed by atoms with E-state index in [2.05, 4.69) is 23.4 Å². The smallest absolute Gasteiger partial charge is 0.251 e. The molecule has 1 amide bonds. The van der Waals surface area contributed by atoms with E-state index in [1.165, 1.54) is 5.57 Å². The molecule has 25 heavy (non-hydrogen) atoms. The van der Waals surface area contributed by atoms with Crippen molar-refractivity contribution in [3.63, 3.8) is 0 Å². The Labute approximate surface area is 151 Å². The van der Waals surface area contributed by atoms with Gasteiger partial charge in [0.1, 0.15) is 0 Å². The van der Waals surface area contributed by atoms with Gasteiger partial charge in [0.05, 0.1) is 6.10 Å². The molecule has 1 rings (SSSR count). The van der Waals surface area contributed by atoms with E-state index in [1.54, 1.807) is 12.2 Å². The Morgan fingerprint density at radius 2 is 2.00 bits per heavy atom. The van der Waals surface area contributed by atoms with Gasteiger partial charge in [-0.05, 0) is 37.5 Å². The van der Waals surface area contributed by atoms with Gasteiger partial charge >= 0.3 is 0 Å². The van der Waals surface area contributed by atoms with Crippen molar-refractivity contribution in [2.45, 2.75) is 26.4 Å². The van der Waals surface area contributed by atoms with Crippen LogP contribution in [0.4, 0.5) is 0 Å². The van der Waals surface area contributed by atoms with E-state index >= 15 is 0 Å². The quantitative estimate of drug-likeness (QED) is 0.500. The van der Waals surface area contributed by atoms with Crippen LogP contribution in [0, 0.1) is 0 Å². The van der Waals surface area contributed by atoms with Gasteiger partial charge in [-0.15, -0.1) is 0 Å². The number of allylic oxidation sites excluding steroid dienone is 5. The molecule has 1 atom stereocenters. The van der Waals surface area contributed by atoms with Crippen LogP contribution in [0.25, 0.3) is 0 Å². The van der Waals surface area contributed by atoms with Gasteiger partial charge in [-0.1, -0.05) is 49.6 Å². The van der Waals surface area contributed by atoms with Gasteiger partial charge in [0.25, 0.3) is 5.91 Å². The monoisotopic (exact) mass is 342 g/mol. The van der Waals surface area contributed by atoms with Crippen LogP contribution in [-0.2, 0) is 4.79 Å². The molecule has 1 heterocycles. The summed E-state index contributed by atoms with van der Waals surface area (Å²) in [6.45, 7) is 13.8. The zero-order valence-electron chi connectivity index (χ0n) is 15.4. The molecule has 0 radical (unpaired) electrons. The fourth-order valence-electron chi connectivity index (χ4n) is 2.69. The molecule has 0 aliphatic carbocycles. The van der Waals surface area contributed by atoms with Crippen molar-refractivity contribution in [3.05, 3.63) is 72.4 Å². The Hall–Kier alpha value is -2.17. The molecule has 0 aromatic rings. The second-order valence-corrected chi connectivity index (χ2v) is 5.94. The van der Waals surface area contributed by atoms with Gasteiger partial charge in [0.15, 0.2) is 0 Å². The number of rotatable bonds is 9. The first kappa shape index (κ1) is 20.9. The highest BCUT2D eigenvalue weighted by molar-refractivity contribution is 5.96. The van der Waals surface area contributed by atoms with Gasteiger partial charge in [-0.2, -0.15) is 0 Å². The van der Waals surface area contributed by atoms with E-state index in [1.807, 2.05) is 44.2 Å². The van der Waals surface area contributed by atoms with Crippen LogP contribution in [-0.4, -0.2) is 48.2 Å². The standard InChI is InChI=1S/C21H30N2O2/c1-5-9-10-11-18(7-3)21(25)22-14-20(24)16-23-13-12-17(6-2)19(8-4)15-23/h5-11,20,24H,2,4,12-16H2,1,3H3,(H,22,25)/b9-5-,11-10-,18-7+. The molecule has 0 bridgehead atoms. The first-order valence-electron chi connectivity index (χ1n) is 8.66. The van der Waals surface area contributed by atoms with Crippen LogP contribution < -0.4 is 5.32 Å². The van der Waals surface area contributed by atoms with E-state index in [0.29, 0.717) is 12.1 Å². The SMILES string of the molecule is C=CC1=C(C=C)CN(CC(O)CNC(=O)C(/C=C\C=C/C)=C/C)CC1. The first-order chi connectivity index (χ1) is 12.0. The third-order valence-electron chi connectivity index (χ3n) is 4.12. The lowest BCUT2D eigenvalue weighted by Gasteiger charge is -2.30. The molecular formula is C21H30N2O2. The van der Waals surface area contributed by atoms with E-state index in [4.69, 9.17) is 0 Å². The van der Waals surface area contributed by atoms with Crippen molar-refractivity contribution < 1.29 is 9.90 Å². The number of aliphatic hydroxyl groups is 1. The molecule has 0 saturated carbocycles. The van der Waals surface area contributed by atoms with Crippen LogP contribution in [0.15, 0.2) is 72.4 Å². The van der Waals surface area contributed by atoms with Crippen molar-refractivity contribution in [2.24, 2.45) is 0 Å². The molecule has 136 valence electrons. The fraction of sp³-hybridized carbons (Fsp3) is 0.381. The lowest BCUT2D eigenvalue weighted by molar-refractivity contribution is -0.117. The Bertz CT molecular complexity index is 597. The van der Waals surface area contributed by atoms with Gasteiger partial charge in [-0.3, -0.25) is 9.69 Å². The fourth-order valence-corrected chi connectivity index (χ4v) is 2.69. The van der Waals surface area contributed by atoms with Gasteiger partial charge in [0.2, 0.25) is 0 Å². The van der Waals surface area contributed by atoms with Crippen LogP contribution in [0.5, 0.6) is 0 Å². The Morgan fingerprint density at radius 3 is 2.60 bits per heavy atom. The average Bonchev–Trinajstić information content (AvgIpc) is 2.63. The number of hydrogen-bond donors (Lipinski definition) is 2. The van der Waals surface area contributed by atoms with Crippen molar-refractivity contribution in [3.8, 4) is 0 Å². The molecule has 0 saturated heterocycles. The lowest BCUT2D eigenvalue weighted by atomic mass is 10.00. The van der Waals surface area contributed by atoms with E-state index in [9.17, 15) is 9.90 Å². The molecule has 0 spiro atoms. The molecule has 4 heteroatoms. The van der Waals surface area contributed by atoms with Crippen molar-refractivity contribution in [2.75, 3.05) is 26.2 Å². The summed E-state index contributed by atoms with van der Waals surface area (Å²) in [5.74, 6) is -0.179. The summed E-state index contributed by atoms with van der Waals surface area (Å²) < 4.78 is 0. The second-order valence-electron chi connectivity index (χ2n) is 5.94. The molecule has 4 nitrogen and oxygen atoms in total. The van der Waals surface area contributed by atoms with E-state index in [0.717, 1.165) is 25.1 Å². The van der Waals surface area contributed by atoms with Crippen molar-refractivity contribution in [1.82, 2.24) is 10.2 Å². The summed E-state index contributed by atoms with van der Waals surface area (Å²) >= 11 is 0. The Morgan fingerprint density at radius 1 is 1.28 bits per heavy atom. The zero-order chi connectivity index (χ0) is 18.7. The number of nitrogens with zero attached hydrogens (tertiary/aromatic N) is 1.